The number of sulfonamides is 1. The van der Waals surface area contributed by atoms with Crippen LogP contribution in [-0.4, -0.2) is 61.9 Å². The first-order valence-electron chi connectivity index (χ1n) is 8.69. The standard InChI is InChI=1S/C18H29N3O4S/c1-5-6-12-19-18(23)15(2)21(13-16-10-8-7-9-11-16)17(22)14-20(3)26(4,24)25/h7-11,15H,5-6,12-14H2,1-4H3,(H,19,23)/t15-/m1/s1. The van der Waals surface area contributed by atoms with Crippen molar-refractivity contribution >= 4 is 21.8 Å². The zero-order valence-corrected chi connectivity index (χ0v) is 16.8. The molecule has 7 nitrogen and oxygen atoms in total. The van der Waals surface area contributed by atoms with E-state index >= 15 is 0 Å². The molecule has 8 heteroatoms. The van der Waals surface area contributed by atoms with E-state index in [1.54, 1.807) is 6.92 Å². The van der Waals surface area contributed by atoms with Crippen LogP contribution >= 0.6 is 0 Å². The molecule has 0 aliphatic heterocycles. The van der Waals surface area contributed by atoms with Gasteiger partial charge in [0.05, 0.1) is 12.8 Å². The number of carbonyl (C=O) groups is 2. The summed E-state index contributed by atoms with van der Waals surface area (Å²) in [4.78, 5) is 26.5. The van der Waals surface area contributed by atoms with Gasteiger partial charge in [-0.2, -0.15) is 4.31 Å². The third kappa shape index (κ3) is 7.13. The average Bonchev–Trinajstić information content (AvgIpc) is 2.59. The molecule has 0 radical (unpaired) electrons. The zero-order valence-electron chi connectivity index (χ0n) is 15.9. The maximum absolute atomic E-state index is 12.7. The van der Waals surface area contributed by atoms with Crippen LogP contribution in [0.25, 0.3) is 0 Å². The number of hydrogen-bond donors (Lipinski definition) is 1. The van der Waals surface area contributed by atoms with Gasteiger partial charge in [-0.1, -0.05) is 43.7 Å². The lowest BCUT2D eigenvalue weighted by Gasteiger charge is -2.30. The van der Waals surface area contributed by atoms with Crippen LogP contribution in [0.2, 0.25) is 0 Å². The quantitative estimate of drug-likeness (QED) is 0.615. The summed E-state index contributed by atoms with van der Waals surface area (Å²) in [6.45, 7) is 4.17. The lowest BCUT2D eigenvalue weighted by molar-refractivity contribution is -0.140. The number of amides is 2. The lowest BCUT2D eigenvalue weighted by atomic mass is 10.1. The van der Waals surface area contributed by atoms with E-state index in [1.165, 1.54) is 11.9 Å². The largest absolute Gasteiger partial charge is 0.354 e. The van der Waals surface area contributed by atoms with Crippen molar-refractivity contribution in [3.8, 4) is 0 Å². The van der Waals surface area contributed by atoms with Gasteiger partial charge in [0.1, 0.15) is 6.04 Å². The van der Waals surface area contributed by atoms with Crippen LogP contribution in [0.5, 0.6) is 0 Å². The second-order valence-corrected chi connectivity index (χ2v) is 8.44. The molecule has 0 aliphatic carbocycles. The number of nitrogens with zero attached hydrogens (tertiary/aromatic N) is 2. The number of benzene rings is 1. The summed E-state index contributed by atoms with van der Waals surface area (Å²) < 4.78 is 24.2. The Morgan fingerprint density at radius 2 is 1.81 bits per heavy atom. The fraction of sp³-hybridized carbons (Fsp3) is 0.556. The predicted molar refractivity (Wildman–Crippen MR) is 102 cm³/mol. The minimum atomic E-state index is -3.48. The van der Waals surface area contributed by atoms with Crippen LogP contribution < -0.4 is 5.32 Å². The summed E-state index contributed by atoms with van der Waals surface area (Å²) in [5.74, 6) is -0.662. The van der Waals surface area contributed by atoms with E-state index in [-0.39, 0.29) is 19.0 Å². The Labute approximate surface area is 156 Å². The molecule has 1 aromatic carbocycles. The second-order valence-electron chi connectivity index (χ2n) is 6.35. The number of unbranched alkanes of at least 4 members (excludes halogenated alkanes) is 1. The molecule has 2 amide bonds. The maximum atomic E-state index is 12.7. The fourth-order valence-electron chi connectivity index (χ4n) is 2.30. The fourth-order valence-corrected chi connectivity index (χ4v) is 2.64. The summed E-state index contributed by atoms with van der Waals surface area (Å²) >= 11 is 0. The smallest absolute Gasteiger partial charge is 0.242 e. The van der Waals surface area contributed by atoms with Gasteiger partial charge in [0.15, 0.2) is 0 Å². The molecular formula is C18H29N3O4S. The van der Waals surface area contributed by atoms with Crippen LogP contribution in [0.4, 0.5) is 0 Å². The molecule has 1 N–H and O–H groups in total. The molecule has 146 valence electrons. The predicted octanol–water partition coefficient (Wildman–Crippen LogP) is 1.21. The van der Waals surface area contributed by atoms with Crippen molar-refractivity contribution < 1.29 is 18.0 Å². The molecule has 0 saturated heterocycles. The average molecular weight is 384 g/mol. The number of rotatable bonds is 10. The molecule has 0 fully saturated rings. The van der Waals surface area contributed by atoms with Crippen molar-refractivity contribution in [2.45, 2.75) is 39.3 Å². The first kappa shape index (κ1) is 22.1. The summed E-state index contributed by atoms with van der Waals surface area (Å²) in [5.41, 5.74) is 0.871. The van der Waals surface area contributed by atoms with Crippen LogP contribution in [0.1, 0.15) is 32.3 Å². The highest BCUT2D eigenvalue weighted by Gasteiger charge is 2.28. The van der Waals surface area contributed by atoms with Crippen molar-refractivity contribution in [1.82, 2.24) is 14.5 Å². The van der Waals surface area contributed by atoms with E-state index < -0.39 is 22.0 Å². The van der Waals surface area contributed by atoms with Gasteiger partial charge in [-0.15, -0.1) is 0 Å². The Hall–Kier alpha value is -1.93. The van der Waals surface area contributed by atoms with Gasteiger partial charge in [-0.25, -0.2) is 8.42 Å². The molecule has 1 atom stereocenters. The van der Waals surface area contributed by atoms with Gasteiger partial charge in [0, 0.05) is 20.1 Å². The highest BCUT2D eigenvalue weighted by molar-refractivity contribution is 7.88. The molecule has 0 heterocycles. The minimum absolute atomic E-state index is 0.236. The minimum Gasteiger partial charge on any atom is -0.354 e. The van der Waals surface area contributed by atoms with Crippen LogP contribution in [0, 0.1) is 0 Å². The number of carbonyl (C=O) groups excluding carboxylic acids is 2. The van der Waals surface area contributed by atoms with Crippen molar-refractivity contribution in [3.63, 3.8) is 0 Å². The highest BCUT2D eigenvalue weighted by atomic mass is 32.2. The topological polar surface area (TPSA) is 86.8 Å². The third-order valence-corrected chi connectivity index (χ3v) is 5.38. The number of hydrogen-bond acceptors (Lipinski definition) is 4. The zero-order chi connectivity index (χ0) is 19.7. The Bertz CT molecular complexity index is 692. The molecule has 0 saturated carbocycles. The molecule has 0 aliphatic rings. The summed E-state index contributed by atoms with van der Waals surface area (Å²) in [5, 5.41) is 2.82. The van der Waals surface area contributed by atoms with E-state index in [2.05, 4.69) is 5.32 Å². The van der Waals surface area contributed by atoms with Crippen molar-refractivity contribution in [2.24, 2.45) is 0 Å². The maximum Gasteiger partial charge on any atom is 0.242 e. The highest BCUT2D eigenvalue weighted by Crippen LogP contribution is 2.10. The molecule has 0 aromatic heterocycles. The van der Waals surface area contributed by atoms with E-state index in [4.69, 9.17) is 0 Å². The third-order valence-electron chi connectivity index (χ3n) is 4.12. The SMILES string of the molecule is CCCCNC(=O)[C@@H](C)N(Cc1ccccc1)C(=O)CN(C)S(C)(=O)=O. The van der Waals surface area contributed by atoms with Crippen LogP contribution in [0.3, 0.4) is 0 Å². The summed E-state index contributed by atoms with van der Waals surface area (Å²) in [7, 11) is -2.14. The monoisotopic (exact) mass is 383 g/mol. The molecular weight excluding hydrogens is 354 g/mol. The molecule has 0 unspecified atom stereocenters. The van der Waals surface area contributed by atoms with Gasteiger partial charge >= 0.3 is 0 Å². The van der Waals surface area contributed by atoms with Gasteiger partial charge < -0.3 is 10.2 Å². The molecule has 26 heavy (non-hydrogen) atoms. The van der Waals surface area contributed by atoms with E-state index in [1.807, 2.05) is 37.3 Å². The van der Waals surface area contributed by atoms with Gasteiger partial charge in [-0.05, 0) is 18.9 Å². The molecule has 1 aromatic rings. The summed E-state index contributed by atoms with van der Waals surface area (Å²) in [6, 6.07) is 8.60. The van der Waals surface area contributed by atoms with Crippen molar-refractivity contribution in [1.29, 1.82) is 0 Å². The van der Waals surface area contributed by atoms with Gasteiger partial charge in [-0.3, -0.25) is 9.59 Å². The first-order valence-corrected chi connectivity index (χ1v) is 10.5. The van der Waals surface area contributed by atoms with Crippen LogP contribution in [-0.2, 0) is 26.2 Å². The Morgan fingerprint density at radius 1 is 1.19 bits per heavy atom. The van der Waals surface area contributed by atoms with Crippen molar-refractivity contribution in [3.05, 3.63) is 35.9 Å². The van der Waals surface area contributed by atoms with Gasteiger partial charge in [0.25, 0.3) is 0 Å². The molecule has 1 rings (SSSR count). The second kappa shape index (κ2) is 10.3. The molecule has 0 spiro atoms. The van der Waals surface area contributed by atoms with Crippen LogP contribution in [0.15, 0.2) is 30.3 Å². The van der Waals surface area contributed by atoms with Crippen molar-refractivity contribution in [2.75, 3.05) is 26.4 Å². The number of nitrogens with one attached hydrogen (secondary N) is 1. The van der Waals surface area contributed by atoms with E-state index in [9.17, 15) is 18.0 Å². The first-order chi connectivity index (χ1) is 12.2. The molecule has 0 bridgehead atoms. The summed E-state index contributed by atoms with van der Waals surface area (Å²) in [6.07, 6.45) is 2.87. The van der Waals surface area contributed by atoms with Gasteiger partial charge in [0.2, 0.25) is 21.8 Å². The van der Waals surface area contributed by atoms with E-state index in [0.29, 0.717) is 6.54 Å². The van der Waals surface area contributed by atoms with E-state index in [0.717, 1.165) is 29.0 Å². The normalized spacial score (nSPS) is 12.7. The lowest BCUT2D eigenvalue weighted by Crippen LogP contribution is -2.50. The Kier molecular flexibility index (Phi) is 8.74. The Balaban J connectivity index is 2.93. The number of likely N-dealkylation sites (N-methyl/N-ethyl adjacent to an activating group) is 1. The Morgan fingerprint density at radius 3 is 2.35 bits per heavy atom.